The first kappa shape index (κ1) is 13.5. The molecule has 1 fully saturated rings. The van der Waals surface area contributed by atoms with Crippen LogP contribution in [-0.2, 0) is 0 Å². The van der Waals surface area contributed by atoms with Gasteiger partial charge in [0.2, 0.25) is 0 Å². The third-order valence-corrected chi connectivity index (χ3v) is 4.09. The maximum Gasteiger partial charge on any atom is 0.0503 e. The zero-order chi connectivity index (χ0) is 12.8. The number of aryl methyl sites for hydroxylation is 1. The van der Waals surface area contributed by atoms with E-state index in [4.69, 9.17) is 5.84 Å². The van der Waals surface area contributed by atoms with Crippen molar-refractivity contribution < 1.29 is 0 Å². The predicted molar refractivity (Wildman–Crippen MR) is 74.8 cm³/mol. The highest BCUT2D eigenvalue weighted by molar-refractivity contribution is 5.18. The van der Waals surface area contributed by atoms with Gasteiger partial charge in [0.25, 0.3) is 0 Å². The lowest BCUT2D eigenvalue weighted by Crippen LogP contribution is -2.34. The van der Waals surface area contributed by atoms with Crippen LogP contribution >= 0.6 is 0 Å². The zero-order valence-corrected chi connectivity index (χ0v) is 11.4. The summed E-state index contributed by atoms with van der Waals surface area (Å²) in [5.74, 6) is 6.44. The summed E-state index contributed by atoms with van der Waals surface area (Å²) in [5, 5.41) is 0. The van der Waals surface area contributed by atoms with Crippen LogP contribution in [0.4, 0.5) is 0 Å². The minimum Gasteiger partial charge on any atom is -0.271 e. The van der Waals surface area contributed by atoms with Crippen LogP contribution in [0.1, 0.15) is 62.2 Å². The minimum atomic E-state index is 0.260. The van der Waals surface area contributed by atoms with Gasteiger partial charge in [-0.3, -0.25) is 16.3 Å². The number of nitrogens with one attached hydrogen (secondary N) is 1. The molecule has 0 amide bonds. The Labute approximate surface area is 110 Å². The molecule has 0 bridgehead atoms. The molecule has 0 aromatic carbocycles. The summed E-state index contributed by atoms with van der Waals surface area (Å²) in [6.07, 6.45) is 11.4. The van der Waals surface area contributed by atoms with E-state index in [0.29, 0.717) is 5.92 Å². The molecule has 100 valence electrons. The van der Waals surface area contributed by atoms with E-state index in [9.17, 15) is 0 Å². The lowest BCUT2D eigenvalue weighted by Gasteiger charge is -2.28. The summed E-state index contributed by atoms with van der Waals surface area (Å²) in [6.45, 7) is 2.02. The first-order valence-corrected chi connectivity index (χ1v) is 7.20. The topological polar surface area (TPSA) is 50.9 Å². The van der Waals surface area contributed by atoms with Crippen molar-refractivity contribution in [2.24, 2.45) is 11.8 Å². The van der Waals surface area contributed by atoms with Crippen molar-refractivity contribution in [2.45, 2.75) is 57.9 Å². The summed E-state index contributed by atoms with van der Waals surface area (Å²) < 4.78 is 0. The van der Waals surface area contributed by atoms with Gasteiger partial charge in [-0.25, -0.2) is 0 Å². The monoisotopic (exact) mass is 247 g/mol. The number of hydrogen-bond acceptors (Lipinski definition) is 3. The molecule has 1 aliphatic rings. The smallest absolute Gasteiger partial charge is 0.0503 e. The molecule has 2 rings (SSSR count). The van der Waals surface area contributed by atoms with E-state index >= 15 is 0 Å². The summed E-state index contributed by atoms with van der Waals surface area (Å²) >= 11 is 0. The van der Waals surface area contributed by atoms with Crippen molar-refractivity contribution in [3.8, 4) is 0 Å². The van der Waals surface area contributed by atoms with E-state index in [1.807, 2.05) is 13.1 Å². The second kappa shape index (κ2) is 6.86. The predicted octanol–water partition coefficient (Wildman–Crippen LogP) is 3.25. The van der Waals surface area contributed by atoms with Gasteiger partial charge in [-0.2, -0.15) is 0 Å². The second-order valence-corrected chi connectivity index (χ2v) is 5.48. The first-order chi connectivity index (χ1) is 8.81. The Morgan fingerprint density at radius 1 is 1.17 bits per heavy atom. The largest absolute Gasteiger partial charge is 0.271 e. The number of pyridine rings is 1. The van der Waals surface area contributed by atoms with Gasteiger partial charge in [0.1, 0.15) is 0 Å². The fourth-order valence-corrected chi connectivity index (χ4v) is 2.99. The van der Waals surface area contributed by atoms with E-state index < -0.39 is 0 Å². The number of aromatic nitrogens is 1. The number of rotatable bonds is 3. The van der Waals surface area contributed by atoms with Crippen LogP contribution in [0.2, 0.25) is 0 Å². The molecule has 3 nitrogen and oxygen atoms in total. The molecule has 1 aromatic heterocycles. The maximum absolute atomic E-state index is 5.79. The summed E-state index contributed by atoms with van der Waals surface area (Å²) in [5.41, 5.74) is 5.31. The average Bonchev–Trinajstić information content (AvgIpc) is 2.34. The van der Waals surface area contributed by atoms with E-state index in [1.54, 1.807) is 0 Å². The molecule has 0 spiro atoms. The molecule has 3 N–H and O–H groups in total. The standard InChI is InChI=1S/C15H25N3/c1-12-9-10-14(11-17-12)15(18-16)13-7-5-3-2-4-6-8-13/h9-11,13,15,18H,2-8,16H2,1H3. The van der Waals surface area contributed by atoms with Gasteiger partial charge in [-0.1, -0.05) is 38.2 Å². The molecule has 1 aliphatic carbocycles. The van der Waals surface area contributed by atoms with Crippen LogP contribution < -0.4 is 11.3 Å². The lowest BCUT2D eigenvalue weighted by atomic mass is 9.83. The molecule has 1 unspecified atom stereocenters. The molecule has 1 heterocycles. The third kappa shape index (κ3) is 3.53. The highest BCUT2D eigenvalue weighted by Gasteiger charge is 2.22. The van der Waals surface area contributed by atoms with Crippen LogP contribution in [0.15, 0.2) is 18.3 Å². The van der Waals surface area contributed by atoms with E-state index in [0.717, 1.165) is 5.69 Å². The Morgan fingerprint density at radius 2 is 1.83 bits per heavy atom. The number of nitrogens with two attached hydrogens (primary N) is 1. The summed E-state index contributed by atoms with van der Waals surface area (Å²) in [7, 11) is 0. The quantitative estimate of drug-likeness (QED) is 0.637. The fourth-order valence-electron chi connectivity index (χ4n) is 2.99. The third-order valence-electron chi connectivity index (χ3n) is 4.09. The van der Waals surface area contributed by atoms with E-state index in [2.05, 4.69) is 22.5 Å². The Kier molecular flexibility index (Phi) is 5.14. The minimum absolute atomic E-state index is 0.260. The fraction of sp³-hybridized carbons (Fsp3) is 0.667. The highest BCUT2D eigenvalue weighted by atomic mass is 15.2. The van der Waals surface area contributed by atoms with Gasteiger partial charge in [-0.15, -0.1) is 0 Å². The number of hydrazine groups is 1. The Bertz CT molecular complexity index is 339. The van der Waals surface area contributed by atoms with Gasteiger partial charge in [0, 0.05) is 11.9 Å². The molecule has 3 heteroatoms. The van der Waals surface area contributed by atoms with Crippen molar-refractivity contribution in [3.63, 3.8) is 0 Å². The van der Waals surface area contributed by atoms with Gasteiger partial charge < -0.3 is 0 Å². The van der Waals surface area contributed by atoms with Gasteiger partial charge in [-0.05, 0) is 37.3 Å². The van der Waals surface area contributed by atoms with Gasteiger partial charge in [0.05, 0.1) is 6.04 Å². The van der Waals surface area contributed by atoms with Crippen LogP contribution in [0.25, 0.3) is 0 Å². The lowest BCUT2D eigenvalue weighted by molar-refractivity contribution is 0.290. The molecule has 18 heavy (non-hydrogen) atoms. The Morgan fingerprint density at radius 3 is 2.39 bits per heavy atom. The van der Waals surface area contributed by atoms with Crippen molar-refractivity contribution in [3.05, 3.63) is 29.6 Å². The molecular weight excluding hydrogens is 222 g/mol. The van der Waals surface area contributed by atoms with Gasteiger partial charge in [0.15, 0.2) is 0 Å². The molecule has 1 atom stereocenters. The van der Waals surface area contributed by atoms with Crippen molar-refractivity contribution in [2.75, 3.05) is 0 Å². The number of nitrogens with zero attached hydrogens (tertiary/aromatic N) is 1. The van der Waals surface area contributed by atoms with Crippen LogP contribution in [0.3, 0.4) is 0 Å². The second-order valence-electron chi connectivity index (χ2n) is 5.48. The summed E-state index contributed by atoms with van der Waals surface area (Å²) in [4.78, 5) is 4.39. The zero-order valence-electron chi connectivity index (χ0n) is 11.4. The SMILES string of the molecule is Cc1ccc(C(NN)C2CCCCCCC2)cn1. The van der Waals surface area contributed by atoms with E-state index in [1.165, 1.54) is 50.5 Å². The Hall–Kier alpha value is -0.930. The molecule has 0 radical (unpaired) electrons. The molecule has 0 aliphatic heterocycles. The van der Waals surface area contributed by atoms with Crippen molar-refractivity contribution >= 4 is 0 Å². The van der Waals surface area contributed by atoms with Crippen LogP contribution in [0, 0.1) is 12.8 Å². The van der Waals surface area contributed by atoms with Gasteiger partial charge >= 0.3 is 0 Å². The van der Waals surface area contributed by atoms with Crippen molar-refractivity contribution in [1.29, 1.82) is 0 Å². The maximum atomic E-state index is 5.79. The summed E-state index contributed by atoms with van der Waals surface area (Å²) in [6, 6.07) is 4.49. The molecule has 0 saturated heterocycles. The van der Waals surface area contributed by atoms with Crippen LogP contribution in [-0.4, -0.2) is 4.98 Å². The normalized spacial score (nSPS) is 20.1. The van der Waals surface area contributed by atoms with Crippen molar-refractivity contribution in [1.82, 2.24) is 10.4 Å². The Balaban J connectivity index is 2.08. The molecule has 1 saturated carbocycles. The average molecular weight is 247 g/mol. The first-order valence-electron chi connectivity index (χ1n) is 7.20. The van der Waals surface area contributed by atoms with Crippen LogP contribution in [0.5, 0.6) is 0 Å². The molecular formula is C15H25N3. The molecule has 1 aromatic rings. The highest BCUT2D eigenvalue weighted by Crippen LogP contribution is 2.32. The number of hydrogen-bond donors (Lipinski definition) is 2. The van der Waals surface area contributed by atoms with E-state index in [-0.39, 0.29) is 6.04 Å².